The van der Waals surface area contributed by atoms with Gasteiger partial charge in [-0.05, 0) is 36.8 Å². The summed E-state index contributed by atoms with van der Waals surface area (Å²) in [6, 6.07) is 10.4. The molecular formula is C15H19N3O. The van der Waals surface area contributed by atoms with Crippen molar-refractivity contribution < 1.29 is 5.11 Å². The van der Waals surface area contributed by atoms with E-state index in [2.05, 4.69) is 36.4 Å². The fraction of sp³-hybridized carbons (Fsp3) is 0.400. The standard InChI is InChI=1S/C15H19N3O/c1-15(2)13(10-14(15)19)17-11-4-6-12(7-5-11)18-9-3-8-16-18/h3-9,13-14,17,19H,10H2,1-2H3. The Labute approximate surface area is 113 Å². The molecule has 1 aromatic heterocycles. The summed E-state index contributed by atoms with van der Waals surface area (Å²) in [7, 11) is 0. The maximum Gasteiger partial charge on any atom is 0.0647 e. The predicted octanol–water partition coefficient (Wildman–Crippen LogP) is 2.44. The number of benzene rings is 1. The zero-order chi connectivity index (χ0) is 13.5. The van der Waals surface area contributed by atoms with Crippen LogP contribution in [0.5, 0.6) is 0 Å². The zero-order valence-corrected chi connectivity index (χ0v) is 11.2. The second-order valence-electron chi connectivity index (χ2n) is 5.77. The SMILES string of the molecule is CC1(C)C(O)CC1Nc1ccc(-n2cccn2)cc1. The molecule has 1 fully saturated rings. The van der Waals surface area contributed by atoms with Crippen LogP contribution in [0.15, 0.2) is 42.7 Å². The van der Waals surface area contributed by atoms with Crippen LogP contribution >= 0.6 is 0 Å². The summed E-state index contributed by atoms with van der Waals surface area (Å²) in [6.07, 6.45) is 4.31. The average Bonchev–Trinajstić information content (AvgIpc) is 2.93. The minimum atomic E-state index is -0.201. The fourth-order valence-corrected chi connectivity index (χ4v) is 2.48. The summed E-state index contributed by atoms with van der Waals surface area (Å²) in [5.74, 6) is 0. The smallest absolute Gasteiger partial charge is 0.0647 e. The Balaban J connectivity index is 1.70. The highest BCUT2D eigenvalue weighted by Gasteiger charge is 2.47. The topological polar surface area (TPSA) is 50.1 Å². The molecule has 100 valence electrons. The number of hydrogen-bond acceptors (Lipinski definition) is 3. The van der Waals surface area contributed by atoms with E-state index in [0.29, 0.717) is 6.04 Å². The van der Waals surface area contributed by atoms with E-state index < -0.39 is 0 Å². The Kier molecular flexibility index (Phi) is 2.82. The van der Waals surface area contributed by atoms with Crippen molar-refractivity contribution in [2.24, 2.45) is 5.41 Å². The highest BCUT2D eigenvalue weighted by molar-refractivity contribution is 5.50. The van der Waals surface area contributed by atoms with E-state index in [9.17, 15) is 5.11 Å². The fourth-order valence-electron chi connectivity index (χ4n) is 2.48. The van der Waals surface area contributed by atoms with Crippen molar-refractivity contribution in [1.29, 1.82) is 0 Å². The van der Waals surface area contributed by atoms with Gasteiger partial charge in [0.2, 0.25) is 0 Å². The van der Waals surface area contributed by atoms with Crippen LogP contribution in [0.4, 0.5) is 5.69 Å². The Morgan fingerprint density at radius 2 is 2.05 bits per heavy atom. The normalized spacial score (nSPS) is 24.8. The molecule has 0 aliphatic heterocycles. The van der Waals surface area contributed by atoms with Crippen LogP contribution in [0.2, 0.25) is 0 Å². The lowest BCUT2D eigenvalue weighted by molar-refractivity contribution is -0.0510. The summed E-state index contributed by atoms with van der Waals surface area (Å²) in [4.78, 5) is 0. The van der Waals surface area contributed by atoms with Gasteiger partial charge in [-0.25, -0.2) is 4.68 Å². The van der Waals surface area contributed by atoms with Crippen molar-refractivity contribution >= 4 is 5.69 Å². The minimum absolute atomic E-state index is 0.0549. The highest BCUT2D eigenvalue weighted by atomic mass is 16.3. The number of rotatable bonds is 3. The summed E-state index contributed by atoms with van der Waals surface area (Å²) < 4.78 is 1.83. The molecule has 1 aliphatic rings. The first-order chi connectivity index (χ1) is 9.07. The molecule has 2 atom stereocenters. The zero-order valence-electron chi connectivity index (χ0n) is 11.2. The van der Waals surface area contributed by atoms with Gasteiger partial charge in [-0.15, -0.1) is 0 Å². The first-order valence-corrected chi connectivity index (χ1v) is 6.62. The van der Waals surface area contributed by atoms with Crippen molar-refractivity contribution in [3.05, 3.63) is 42.7 Å². The van der Waals surface area contributed by atoms with E-state index in [0.717, 1.165) is 17.8 Å². The molecule has 1 aliphatic carbocycles. The van der Waals surface area contributed by atoms with Gasteiger partial charge in [0.1, 0.15) is 0 Å². The van der Waals surface area contributed by atoms with Gasteiger partial charge in [-0.3, -0.25) is 0 Å². The first kappa shape index (κ1) is 12.2. The number of nitrogens with one attached hydrogen (secondary N) is 1. The lowest BCUT2D eigenvalue weighted by Crippen LogP contribution is -2.56. The van der Waals surface area contributed by atoms with E-state index in [1.165, 1.54) is 0 Å². The quantitative estimate of drug-likeness (QED) is 0.888. The lowest BCUT2D eigenvalue weighted by Gasteiger charge is -2.49. The van der Waals surface area contributed by atoms with Crippen LogP contribution in [-0.4, -0.2) is 27.0 Å². The molecule has 0 amide bonds. The van der Waals surface area contributed by atoms with Crippen molar-refractivity contribution in [3.63, 3.8) is 0 Å². The van der Waals surface area contributed by atoms with E-state index >= 15 is 0 Å². The van der Waals surface area contributed by atoms with Gasteiger partial charge >= 0.3 is 0 Å². The van der Waals surface area contributed by atoms with Crippen LogP contribution in [0.3, 0.4) is 0 Å². The van der Waals surface area contributed by atoms with Crippen LogP contribution < -0.4 is 5.32 Å². The third kappa shape index (κ3) is 2.12. The van der Waals surface area contributed by atoms with E-state index in [-0.39, 0.29) is 11.5 Å². The van der Waals surface area contributed by atoms with Crippen molar-refractivity contribution in [2.75, 3.05) is 5.32 Å². The molecule has 4 heteroatoms. The molecular weight excluding hydrogens is 238 g/mol. The highest BCUT2D eigenvalue weighted by Crippen LogP contribution is 2.42. The molecule has 0 radical (unpaired) electrons. The molecule has 19 heavy (non-hydrogen) atoms. The van der Waals surface area contributed by atoms with Crippen molar-refractivity contribution in [1.82, 2.24) is 9.78 Å². The summed E-state index contributed by atoms with van der Waals surface area (Å²) in [5, 5.41) is 17.4. The van der Waals surface area contributed by atoms with Crippen molar-refractivity contribution in [2.45, 2.75) is 32.4 Å². The molecule has 2 N–H and O–H groups in total. The molecule has 2 unspecified atom stereocenters. The van der Waals surface area contributed by atoms with Gasteiger partial charge in [0.25, 0.3) is 0 Å². The van der Waals surface area contributed by atoms with Gasteiger partial charge in [-0.2, -0.15) is 5.10 Å². The molecule has 4 nitrogen and oxygen atoms in total. The lowest BCUT2D eigenvalue weighted by atomic mass is 9.64. The van der Waals surface area contributed by atoms with E-state index in [4.69, 9.17) is 0 Å². The third-order valence-electron chi connectivity index (χ3n) is 4.19. The Bertz CT molecular complexity index is 545. The molecule has 1 heterocycles. The Morgan fingerprint density at radius 1 is 1.32 bits per heavy atom. The minimum Gasteiger partial charge on any atom is -0.392 e. The first-order valence-electron chi connectivity index (χ1n) is 6.62. The van der Waals surface area contributed by atoms with Crippen LogP contribution in [0.1, 0.15) is 20.3 Å². The number of aromatic nitrogens is 2. The van der Waals surface area contributed by atoms with Gasteiger partial charge < -0.3 is 10.4 Å². The second kappa shape index (κ2) is 4.38. The molecule has 3 rings (SSSR count). The summed E-state index contributed by atoms with van der Waals surface area (Å²) >= 11 is 0. The van der Waals surface area contributed by atoms with Crippen LogP contribution in [0.25, 0.3) is 5.69 Å². The summed E-state index contributed by atoms with van der Waals surface area (Å²) in [6.45, 7) is 4.19. The Morgan fingerprint density at radius 3 is 2.58 bits per heavy atom. The number of hydrogen-bond donors (Lipinski definition) is 2. The Hall–Kier alpha value is -1.81. The van der Waals surface area contributed by atoms with Gasteiger partial charge in [-0.1, -0.05) is 13.8 Å². The maximum absolute atomic E-state index is 9.74. The van der Waals surface area contributed by atoms with Gasteiger partial charge in [0.05, 0.1) is 11.8 Å². The monoisotopic (exact) mass is 257 g/mol. The number of aliphatic hydroxyl groups is 1. The van der Waals surface area contributed by atoms with Gasteiger partial charge in [0.15, 0.2) is 0 Å². The second-order valence-corrected chi connectivity index (χ2v) is 5.77. The number of anilines is 1. The number of aliphatic hydroxyl groups excluding tert-OH is 1. The van der Waals surface area contributed by atoms with Gasteiger partial charge in [0, 0.05) is 29.5 Å². The number of nitrogens with zero attached hydrogens (tertiary/aromatic N) is 2. The van der Waals surface area contributed by atoms with Crippen LogP contribution in [0, 0.1) is 5.41 Å². The van der Waals surface area contributed by atoms with Crippen LogP contribution in [-0.2, 0) is 0 Å². The molecule has 2 aromatic rings. The molecule has 0 bridgehead atoms. The van der Waals surface area contributed by atoms with E-state index in [1.807, 2.05) is 29.1 Å². The average molecular weight is 257 g/mol. The van der Waals surface area contributed by atoms with Crippen molar-refractivity contribution in [3.8, 4) is 5.69 Å². The maximum atomic E-state index is 9.74. The third-order valence-corrected chi connectivity index (χ3v) is 4.19. The largest absolute Gasteiger partial charge is 0.392 e. The molecule has 1 aromatic carbocycles. The summed E-state index contributed by atoms with van der Waals surface area (Å²) in [5.41, 5.74) is 2.07. The van der Waals surface area contributed by atoms with E-state index in [1.54, 1.807) is 6.20 Å². The molecule has 0 spiro atoms. The predicted molar refractivity (Wildman–Crippen MR) is 75.4 cm³/mol. The molecule has 0 saturated heterocycles. The molecule has 1 saturated carbocycles.